The maximum absolute atomic E-state index is 13.8. The maximum atomic E-state index is 13.8. The fraction of sp³-hybridized carbons (Fsp3) is 0.474. The zero-order chi connectivity index (χ0) is 21.3. The second-order valence-corrected chi connectivity index (χ2v) is 7.82. The van der Waals surface area contributed by atoms with E-state index in [-0.39, 0.29) is 24.7 Å². The molecule has 2 aromatic rings. The molecule has 0 saturated carbocycles. The number of hydrogen-bond acceptors (Lipinski definition) is 8. The number of hydrazine groups is 1. The molecule has 0 spiro atoms. The van der Waals surface area contributed by atoms with E-state index in [9.17, 15) is 8.78 Å². The first kappa shape index (κ1) is 20.8. The van der Waals surface area contributed by atoms with Gasteiger partial charge < -0.3 is 20.7 Å². The minimum Gasteiger partial charge on any atom is -0.393 e. The first-order chi connectivity index (χ1) is 14.4. The van der Waals surface area contributed by atoms with E-state index in [4.69, 9.17) is 22.1 Å². The van der Waals surface area contributed by atoms with Crippen molar-refractivity contribution in [1.82, 2.24) is 15.4 Å². The van der Waals surface area contributed by atoms with E-state index >= 15 is 0 Å². The number of rotatable bonds is 7. The van der Waals surface area contributed by atoms with Gasteiger partial charge in [0.1, 0.15) is 5.69 Å². The van der Waals surface area contributed by atoms with Crippen LogP contribution in [0.25, 0.3) is 0 Å². The average molecular weight is 440 g/mol. The molecule has 2 saturated heterocycles. The van der Waals surface area contributed by atoms with Gasteiger partial charge in [0.15, 0.2) is 11.6 Å². The number of alkyl halides is 2. The van der Waals surface area contributed by atoms with E-state index in [1.807, 2.05) is 18.2 Å². The zero-order valence-corrected chi connectivity index (χ0v) is 17.3. The van der Waals surface area contributed by atoms with Crippen molar-refractivity contribution in [3.05, 3.63) is 34.9 Å². The molecule has 0 unspecified atom stereocenters. The van der Waals surface area contributed by atoms with Crippen molar-refractivity contribution in [2.75, 3.05) is 54.3 Å². The molecule has 0 amide bonds. The van der Waals surface area contributed by atoms with Crippen LogP contribution in [-0.2, 0) is 11.3 Å². The standard InChI is InChI=1S/C19H24ClF2N7O/c1-24-29(8-12-4-2-3-5-14(12)20)17-15(23)16(28-7-6-19(21,22)11-28)26-18(27-17)25-13-9-30-10-13/h2-5,13,24H,6-11,23H2,1H3,(H,25,26,27). The number of nitrogens with zero attached hydrogens (tertiary/aromatic N) is 4. The maximum Gasteiger partial charge on any atom is 0.266 e. The van der Waals surface area contributed by atoms with Crippen LogP contribution in [0.1, 0.15) is 12.0 Å². The Morgan fingerprint density at radius 1 is 1.33 bits per heavy atom. The van der Waals surface area contributed by atoms with E-state index in [0.29, 0.717) is 42.4 Å². The topological polar surface area (TPSA) is 91.6 Å². The van der Waals surface area contributed by atoms with Crippen LogP contribution in [0.4, 0.5) is 32.1 Å². The lowest BCUT2D eigenvalue weighted by Gasteiger charge is -2.30. The molecular weight excluding hydrogens is 416 g/mol. The van der Waals surface area contributed by atoms with Crippen molar-refractivity contribution in [3.63, 3.8) is 0 Å². The smallest absolute Gasteiger partial charge is 0.266 e. The zero-order valence-electron chi connectivity index (χ0n) is 16.5. The molecule has 4 rings (SSSR count). The molecule has 8 nitrogen and oxygen atoms in total. The van der Waals surface area contributed by atoms with Crippen LogP contribution < -0.4 is 26.4 Å². The molecular formula is C19H24ClF2N7O. The van der Waals surface area contributed by atoms with Gasteiger partial charge in [-0.25, -0.2) is 14.2 Å². The molecule has 0 atom stereocenters. The quantitative estimate of drug-likeness (QED) is 0.567. The highest BCUT2D eigenvalue weighted by atomic mass is 35.5. The van der Waals surface area contributed by atoms with Crippen molar-refractivity contribution in [2.45, 2.75) is 24.9 Å². The predicted octanol–water partition coefficient (Wildman–Crippen LogP) is 2.51. The van der Waals surface area contributed by atoms with E-state index in [2.05, 4.69) is 20.7 Å². The normalized spacial score (nSPS) is 18.3. The molecule has 1 aromatic heterocycles. The molecule has 162 valence electrons. The average Bonchev–Trinajstić information content (AvgIpc) is 3.05. The minimum atomic E-state index is -2.77. The molecule has 11 heteroatoms. The third-order valence-corrected chi connectivity index (χ3v) is 5.53. The van der Waals surface area contributed by atoms with Gasteiger partial charge in [-0.1, -0.05) is 29.8 Å². The van der Waals surface area contributed by atoms with Crippen LogP contribution >= 0.6 is 11.6 Å². The van der Waals surface area contributed by atoms with Gasteiger partial charge in [-0.3, -0.25) is 5.01 Å². The van der Waals surface area contributed by atoms with E-state index < -0.39 is 12.5 Å². The van der Waals surface area contributed by atoms with E-state index in [1.165, 1.54) is 4.90 Å². The third-order valence-electron chi connectivity index (χ3n) is 5.16. The van der Waals surface area contributed by atoms with Crippen molar-refractivity contribution in [2.24, 2.45) is 0 Å². The molecule has 30 heavy (non-hydrogen) atoms. The number of aromatic nitrogens is 2. The van der Waals surface area contributed by atoms with Crippen molar-refractivity contribution in [3.8, 4) is 0 Å². The van der Waals surface area contributed by atoms with Crippen molar-refractivity contribution in [1.29, 1.82) is 0 Å². The summed E-state index contributed by atoms with van der Waals surface area (Å²) in [5, 5.41) is 5.51. The van der Waals surface area contributed by atoms with Crippen LogP contribution in [0.3, 0.4) is 0 Å². The van der Waals surface area contributed by atoms with Gasteiger partial charge in [-0.15, -0.1) is 0 Å². The van der Waals surface area contributed by atoms with Crippen molar-refractivity contribution >= 4 is 34.9 Å². The molecule has 0 aliphatic carbocycles. The highest BCUT2D eigenvalue weighted by Crippen LogP contribution is 2.37. The summed E-state index contributed by atoms with van der Waals surface area (Å²) in [6, 6.07) is 7.51. The number of nitrogens with one attached hydrogen (secondary N) is 2. The van der Waals surface area contributed by atoms with Gasteiger partial charge in [0.05, 0.1) is 32.3 Å². The molecule has 2 fully saturated rings. The molecule has 4 N–H and O–H groups in total. The molecule has 0 bridgehead atoms. The lowest BCUT2D eigenvalue weighted by Crippen LogP contribution is -2.41. The van der Waals surface area contributed by atoms with Crippen LogP contribution in [0.5, 0.6) is 0 Å². The lowest BCUT2D eigenvalue weighted by molar-refractivity contribution is 0.0208. The fourth-order valence-electron chi connectivity index (χ4n) is 3.43. The highest BCUT2D eigenvalue weighted by Gasteiger charge is 2.40. The first-order valence-corrected chi connectivity index (χ1v) is 10.1. The van der Waals surface area contributed by atoms with Gasteiger partial charge >= 0.3 is 0 Å². The van der Waals surface area contributed by atoms with Crippen LogP contribution in [-0.4, -0.2) is 55.3 Å². The number of benzene rings is 1. The Labute approximate surface area is 178 Å². The van der Waals surface area contributed by atoms with Gasteiger partial charge in [0, 0.05) is 25.0 Å². The first-order valence-electron chi connectivity index (χ1n) is 9.69. The second-order valence-electron chi connectivity index (χ2n) is 7.42. The molecule has 2 aliphatic rings. The number of hydrogen-bond donors (Lipinski definition) is 3. The number of halogens is 3. The number of nitrogen functional groups attached to an aromatic ring is 1. The largest absolute Gasteiger partial charge is 0.393 e. The predicted molar refractivity (Wildman–Crippen MR) is 113 cm³/mol. The second kappa shape index (κ2) is 8.37. The van der Waals surface area contributed by atoms with Crippen molar-refractivity contribution < 1.29 is 13.5 Å². The number of anilines is 4. The van der Waals surface area contributed by atoms with E-state index in [0.717, 1.165) is 5.56 Å². The summed E-state index contributed by atoms with van der Waals surface area (Å²) in [4.78, 5) is 10.5. The number of ether oxygens (including phenoxy) is 1. The summed E-state index contributed by atoms with van der Waals surface area (Å²) in [5.74, 6) is -1.77. The number of nitrogens with two attached hydrogens (primary N) is 1. The summed E-state index contributed by atoms with van der Waals surface area (Å²) >= 11 is 6.31. The summed E-state index contributed by atoms with van der Waals surface area (Å²) < 4.78 is 32.9. The minimum absolute atomic E-state index is 0.0703. The lowest BCUT2D eigenvalue weighted by atomic mass is 10.2. The van der Waals surface area contributed by atoms with Crippen LogP contribution in [0, 0.1) is 0 Å². The Hall–Kier alpha value is -2.43. The third kappa shape index (κ3) is 4.35. The molecule has 3 heterocycles. The Morgan fingerprint density at radius 2 is 2.10 bits per heavy atom. The summed E-state index contributed by atoms with van der Waals surface area (Å²) in [6.45, 7) is 1.19. The van der Waals surface area contributed by atoms with Gasteiger partial charge in [0.25, 0.3) is 5.92 Å². The van der Waals surface area contributed by atoms with E-state index in [1.54, 1.807) is 18.1 Å². The Morgan fingerprint density at radius 3 is 2.70 bits per heavy atom. The monoisotopic (exact) mass is 439 g/mol. The SMILES string of the molecule is CNN(Cc1ccccc1Cl)c1nc(NC2COC2)nc(N2CCC(F)(F)C2)c1N. The summed E-state index contributed by atoms with van der Waals surface area (Å²) in [5.41, 5.74) is 10.5. The van der Waals surface area contributed by atoms with Crippen LogP contribution in [0.15, 0.2) is 24.3 Å². The Bertz CT molecular complexity index is 912. The highest BCUT2D eigenvalue weighted by molar-refractivity contribution is 6.31. The molecule has 0 radical (unpaired) electrons. The molecule has 1 aromatic carbocycles. The van der Waals surface area contributed by atoms with Crippen LogP contribution in [0.2, 0.25) is 5.02 Å². The fourth-order valence-corrected chi connectivity index (χ4v) is 3.63. The summed E-state index contributed by atoms with van der Waals surface area (Å²) in [6.07, 6.45) is -0.236. The molecule has 2 aliphatic heterocycles. The Kier molecular flexibility index (Phi) is 5.81. The van der Waals surface area contributed by atoms with Gasteiger partial charge in [0.2, 0.25) is 5.95 Å². The summed E-state index contributed by atoms with van der Waals surface area (Å²) in [7, 11) is 1.73. The van der Waals surface area contributed by atoms with Gasteiger partial charge in [-0.05, 0) is 11.6 Å². The van der Waals surface area contributed by atoms with Gasteiger partial charge in [-0.2, -0.15) is 9.97 Å². The Balaban J connectivity index is 1.70.